The minimum absolute atomic E-state index is 0.0641. The third-order valence-electron chi connectivity index (χ3n) is 2.34. The highest BCUT2D eigenvalue weighted by Gasteiger charge is 2.40. The van der Waals surface area contributed by atoms with Gasteiger partial charge in [-0.15, -0.1) is 0 Å². The van der Waals surface area contributed by atoms with Crippen molar-refractivity contribution in [3.8, 4) is 0 Å². The number of nitrogens with two attached hydrogens (primary N) is 1. The van der Waals surface area contributed by atoms with Crippen molar-refractivity contribution in [3.05, 3.63) is 29.6 Å². The number of carboxylic acid groups (broad SMARTS) is 1. The molecule has 0 aliphatic heterocycles. The molecule has 0 bridgehead atoms. The topological polar surface area (TPSA) is 76.2 Å². The van der Waals surface area contributed by atoms with Gasteiger partial charge in [0.2, 0.25) is 0 Å². The van der Waals surface area contributed by atoms with E-state index in [-0.39, 0.29) is 11.2 Å². The highest BCUT2D eigenvalue weighted by Crippen LogP contribution is 2.42. The molecule has 0 aromatic carbocycles. The van der Waals surface area contributed by atoms with Crippen molar-refractivity contribution in [1.29, 1.82) is 0 Å². The van der Waals surface area contributed by atoms with Gasteiger partial charge in [-0.1, -0.05) is 0 Å². The number of nitrogens with zero attached hydrogens (tertiary/aromatic N) is 1. The highest BCUT2D eigenvalue weighted by atomic mass is 16.4. The van der Waals surface area contributed by atoms with E-state index in [9.17, 15) is 4.79 Å². The smallest absolute Gasteiger partial charge is 0.354 e. The summed E-state index contributed by atoms with van der Waals surface area (Å²) in [5, 5.41) is 8.69. The van der Waals surface area contributed by atoms with Crippen LogP contribution in [-0.4, -0.2) is 16.1 Å². The monoisotopic (exact) mass is 178 g/mol. The average molecular weight is 178 g/mol. The van der Waals surface area contributed by atoms with Gasteiger partial charge in [0.1, 0.15) is 5.69 Å². The summed E-state index contributed by atoms with van der Waals surface area (Å²) in [4.78, 5) is 14.3. The van der Waals surface area contributed by atoms with Crippen LogP contribution in [0.5, 0.6) is 0 Å². The van der Waals surface area contributed by atoms with Gasteiger partial charge >= 0.3 is 5.97 Å². The molecular weight excluding hydrogens is 168 g/mol. The molecule has 13 heavy (non-hydrogen) atoms. The lowest BCUT2D eigenvalue weighted by Crippen LogP contribution is -2.19. The fourth-order valence-electron chi connectivity index (χ4n) is 1.28. The number of pyridine rings is 1. The minimum atomic E-state index is -1.01. The number of aromatic nitrogens is 1. The predicted molar refractivity (Wildman–Crippen MR) is 46.3 cm³/mol. The van der Waals surface area contributed by atoms with Crippen LogP contribution in [0.3, 0.4) is 0 Å². The van der Waals surface area contributed by atoms with Gasteiger partial charge in [-0.25, -0.2) is 9.78 Å². The molecule has 0 unspecified atom stereocenters. The second-order valence-electron chi connectivity index (χ2n) is 3.39. The maximum Gasteiger partial charge on any atom is 0.354 e. The van der Waals surface area contributed by atoms with Crippen molar-refractivity contribution in [2.45, 2.75) is 18.4 Å². The predicted octanol–water partition coefficient (Wildman–Crippen LogP) is 0.728. The first kappa shape index (κ1) is 8.19. The molecular formula is C9H10N2O2. The molecule has 1 aromatic rings. The molecule has 1 aliphatic carbocycles. The summed E-state index contributed by atoms with van der Waals surface area (Å²) < 4.78 is 0. The van der Waals surface area contributed by atoms with Crippen LogP contribution in [0.4, 0.5) is 0 Å². The Labute approximate surface area is 75.4 Å². The fraction of sp³-hybridized carbons (Fsp3) is 0.333. The second-order valence-corrected chi connectivity index (χ2v) is 3.39. The van der Waals surface area contributed by atoms with Crippen molar-refractivity contribution in [3.63, 3.8) is 0 Å². The molecule has 0 atom stereocenters. The molecule has 0 spiro atoms. The van der Waals surface area contributed by atoms with E-state index in [1.807, 2.05) is 0 Å². The van der Waals surface area contributed by atoms with Crippen LogP contribution in [0.2, 0.25) is 0 Å². The first-order chi connectivity index (χ1) is 6.12. The number of carboxylic acids is 1. The van der Waals surface area contributed by atoms with Crippen LogP contribution >= 0.6 is 0 Å². The Bertz CT molecular complexity index is 358. The van der Waals surface area contributed by atoms with E-state index in [1.165, 1.54) is 6.20 Å². The maximum absolute atomic E-state index is 10.6. The summed E-state index contributed by atoms with van der Waals surface area (Å²) in [6.07, 6.45) is 3.35. The molecule has 1 aromatic heterocycles. The molecule has 1 saturated carbocycles. The van der Waals surface area contributed by atoms with Crippen molar-refractivity contribution in [1.82, 2.24) is 4.98 Å². The number of hydrogen-bond donors (Lipinski definition) is 2. The third-order valence-corrected chi connectivity index (χ3v) is 2.34. The lowest BCUT2D eigenvalue weighted by atomic mass is 10.1. The Morgan fingerprint density at radius 1 is 1.62 bits per heavy atom. The van der Waals surface area contributed by atoms with Crippen LogP contribution in [0, 0.1) is 0 Å². The zero-order valence-electron chi connectivity index (χ0n) is 7.03. The summed E-state index contributed by atoms with van der Waals surface area (Å²) >= 11 is 0. The van der Waals surface area contributed by atoms with Crippen molar-refractivity contribution < 1.29 is 9.90 Å². The first-order valence-corrected chi connectivity index (χ1v) is 4.10. The van der Waals surface area contributed by atoms with Crippen LogP contribution < -0.4 is 5.73 Å². The van der Waals surface area contributed by atoms with Gasteiger partial charge in [-0.2, -0.15) is 0 Å². The summed E-state index contributed by atoms with van der Waals surface area (Å²) in [5.74, 6) is -1.01. The van der Waals surface area contributed by atoms with E-state index in [2.05, 4.69) is 4.98 Å². The lowest BCUT2D eigenvalue weighted by molar-refractivity contribution is 0.0690. The van der Waals surface area contributed by atoms with Crippen molar-refractivity contribution in [2.75, 3.05) is 0 Å². The van der Waals surface area contributed by atoms with E-state index < -0.39 is 5.97 Å². The Hall–Kier alpha value is -1.42. The van der Waals surface area contributed by atoms with Crippen LogP contribution in [0.15, 0.2) is 18.3 Å². The largest absolute Gasteiger partial charge is 0.477 e. The molecule has 2 rings (SSSR count). The summed E-state index contributed by atoms with van der Waals surface area (Å²) in [6, 6.07) is 3.33. The molecule has 68 valence electrons. The van der Waals surface area contributed by atoms with E-state index in [1.54, 1.807) is 12.1 Å². The quantitative estimate of drug-likeness (QED) is 0.699. The van der Waals surface area contributed by atoms with E-state index >= 15 is 0 Å². The van der Waals surface area contributed by atoms with E-state index in [4.69, 9.17) is 10.8 Å². The van der Waals surface area contributed by atoms with Gasteiger partial charge in [0.25, 0.3) is 0 Å². The van der Waals surface area contributed by atoms with Gasteiger partial charge < -0.3 is 10.8 Å². The van der Waals surface area contributed by atoms with Gasteiger partial charge in [0.15, 0.2) is 0 Å². The van der Waals surface area contributed by atoms with Crippen LogP contribution in [0.25, 0.3) is 0 Å². The molecule has 4 heteroatoms. The molecule has 1 aliphatic rings. The molecule has 1 fully saturated rings. The highest BCUT2D eigenvalue weighted by molar-refractivity contribution is 5.85. The molecule has 3 N–H and O–H groups in total. The molecule has 1 heterocycles. The SMILES string of the molecule is NC1(c2ccnc(C(=O)O)c2)CC1. The first-order valence-electron chi connectivity index (χ1n) is 4.10. The third kappa shape index (κ3) is 1.40. The number of carbonyl (C=O) groups is 1. The fourth-order valence-corrected chi connectivity index (χ4v) is 1.28. The second kappa shape index (κ2) is 2.53. The Kier molecular flexibility index (Phi) is 1.60. The van der Waals surface area contributed by atoms with Gasteiger partial charge in [-0.3, -0.25) is 0 Å². The van der Waals surface area contributed by atoms with Crippen molar-refractivity contribution in [2.24, 2.45) is 5.73 Å². The maximum atomic E-state index is 10.6. The molecule has 4 nitrogen and oxygen atoms in total. The summed E-state index contributed by atoms with van der Waals surface area (Å²) in [6.45, 7) is 0. The normalized spacial score (nSPS) is 18.2. The lowest BCUT2D eigenvalue weighted by Gasteiger charge is -2.08. The Morgan fingerprint density at radius 3 is 2.85 bits per heavy atom. The van der Waals surface area contributed by atoms with Crippen molar-refractivity contribution >= 4 is 5.97 Å². The average Bonchev–Trinajstić information content (AvgIpc) is 2.85. The van der Waals surface area contributed by atoms with E-state index in [0.29, 0.717) is 0 Å². The summed E-state index contributed by atoms with van der Waals surface area (Å²) in [5.41, 5.74) is 6.57. The molecule has 0 amide bonds. The van der Waals surface area contributed by atoms with Crippen LogP contribution in [-0.2, 0) is 5.54 Å². The zero-order chi connectivity index (χ0) is 9.47. The number of hydrogen-bond acceptors (Lipinski definition) is 3. The standard InChI is InChI=1S/C9H10N2O2/c10-9(2-3-9)6-1-4-11-7(5-6)8(12)13/h1,4-5H,2-3,10H2,(H,12,13). The molecule has 0 saturated heterocycles. The van der Waals surface area contributed by atoms with Gasteiger partial charge in [-0.05, 0) is 30.5 Å². The number of rotatable bonds is 2. The Balaban J connectivity index is 2.38. The van der Waals surface area contributed by atoms with Gasteiger partial charge in [0, 0.05) is 11.7 Å². The summed E-state index contributed by atoms with van der Waals surface area (Å²) in [7, 11) is 0. The van der Waals surface area contributed by atoms with Crippen LogP contribution in [0.1, 0.15) is 28.9 Å². The minimum Gasteiger partial charge on any atom is -0.477 e. The number of aromatic carboxylic acids is 1. The van der Waals surface area contributed by atoms with E-state index in [0.717, 1.165) is 18.4 Å². The molecule has 0 radical (unpaired) electrons. The zero-order valence-corrected chi connectivity index (χ0v) is 7.03. The Morgan fingerprint density at radius 2 is 2.31 bits per heavy atom. The van der Waals surface area contributed by atoms with Gasteiger partial charge in [0.05, 0.1) is 0 Å².